The highest BCUT2D eigenvalue weighted by Crippen LogP contribution is 2.27. The highest BCUT2D eigenvalue weighted by atomic mass is 19.3. The van der Waals surface area contributed by atoms with Crippen molar-refractivity contribution in [3.8, 4) is 0 Å². The Hall–Kier alpha value is -2.15. The number of aliphatic hydroxyl groups is 1. The van der Waals surface area contributed by atoms with Crippen molar-refractivity contribution in [2.75, 3.05) is 0 Å². The van der Waals surface area contributed by atoms with Crippen LogP contribution in [0, 0.1) is 0 Å². The van der Waals surface area contributed by atoms with Gasteiger partial charge in [-0.05, 0) is 12.0 Å². The Morgan fingerprint density at radius 3 is 2.04 bits per heavy atom. The molecule has 5 N–H and O–H groups in total. The minimum Gasteiger partial charge on any atom is -0.385 e. The average molecular weight is 334 g/mol. The number of carbonyl (C=O) groups is 1. The molecule has 0 bridgehead atoms. The Kier molecular flexibility index (Phi) is 5.77. The van der Waals surface area contributed by atoms with Crippen LogP contribution < -0.4 is 11.5 Å². The maximum absolute atomic E-state index is 14.4. The maximum atomic E-state index is 14.4. The fraction of sp³-hybridized carbons (Fsp3) is 0.278. The molecule has 0 spiro atoms. The van der Waals surface area contributed by atoms with E-state index in [2.05, 4.69) is 0 Å². The molecule has 24 heavy (non-hydrogen) atoms. The summed E-state index contributed by atoms with van der Waals surface area (Å²) in [5, 5.41) is 9.97. The first-order valence-electron chi connectivity index (χ1n) is 7.54. The second-order valence-corrected chi connectivity index (χ2v) is 5.68. The molecule has 3 atom stereocenters. The van der Waals surface area contributed by atoms with Crippen LogP contribution in [0.2, 0.25) is 0 Å². The molecule has 6 heteroatoms. The van der Waals surface area contributed by atoms with E-state index in [1.807, 2.05) is 0 Å². The molecule has 128 valence electrons. The highest BCUT2D eigenvalue weighted by Gasteiger charge is 2.50. The number of halogens is 2. The molecule has 0 heterocycles. The number of hydrogen-bond donors (Lipinski definition) is 3. The van der Waals surface area contributed by atoms with Gasteiger partial charge < -0.3 is 16.6 Å². The van der Waals surface area contributed by atoms with Gasteiger partial charge in [-0.15, -0.1) is 0 Å². The summed E-state index contributed by atoms with van der Waals surface area (Å²) >= 11 is 0. The van der Waals surface area contributed by atoms with Gasteiger partial charge in [-0.25, -0.2) is 8.78 Å². The molecule has 3 unspecified atom stereocenters. The second-order valence-electron chi connectivity index (χ2n) is 5.68. The van der Waals surface area contributed by atoms with Crippen molar-refractivity contribution in [1.29, 1.82) is 0 Å². The molecule has 2 aromatic rings. The van der Waals surface area contributed by atoms with Crippen LogP contribution in [-0.2, 0) is 6.42 Å². The van der Waals surface area contributed by atoms with Gasteiger partial charge in [0.25, 0.3) is 5.92 Å². The summed E-state index contributed by atoms with van der Waals surface area (Å²) in [7, 11) is 0. The minimum atomic E-state index is -3.85. The fourth-order valence-electron chi connectivity index (χ4n) is 2.42. The fourth-order valence-corrected chi connectivity index (χ4v) is 2.42. The number of ketones is 1. The summed E-state index contributed by atoms with van der Waals surface area (Å²) in [6.07, 6.45) is -2.19. The lowest BCUT2D eigenvalue weighted by atomic mass is 9.90. The van der Waals surface area contributed by atoms with Crippen molar-refractivity contribution < 1.29 is 18.7 Å². The van der Waals surface area contributed by atoms with Gasteiger partial charge in [0.15, 0.2) is 5.78 Å². The van der Waals surface area contributed by atoms with Crippen molar-refractivity contribution in [3.05, 3.63) is 71.8 Å². The lowest BCUT2D eigenvalue weighted by molar-refractivity contribution is -0.124. The predicted octanol–water partition coefficient (Wildman–Crippen LogP) is 1.76. The zero-order valence-corrected chi connectivity index (χ0v) is 13.0. The summed E-state index contributed by atoms with van der Waals surface area (Å²) in [5.74, 6) is -4.78. The van der Waals surface area contributed by atoms with Crippen LogP contribution in [0.1, 0.15) is 15.9 Å². The Balaban J connectivity index is 2.11. The molecule has 0 aromatic heterocycles. The van der Waals surface area contributed by atoms with Gasteiger partial charge >= 0.3 is 0 Å². The third-order valence-corrected chi connectivity index (χ3v) is 3.87. The minimum absolute atomic E-state index is 0.0455. The molecule has 4 nitrogen and oxygen atoms in total. The van der Waals surface area contributed by atoms with Crippen LogP contribution in [-0.4, -0.2) is 35.0 Å². The van der Waals surface area contributed by atoms with Crippen LogP contribution in [0.4, 0.5) is 8.78 Å². The molecule has 0 aliphatic rings. The third kappa shape index (κ3) is 4.03. The quantitative estimate of drug-likeness (QED) is 0.673. The molecule has 2 rings (SSSR count). The van der Waals surface area contributed by atoms with E-state index in [0.717, 1.165) is 0 Å². The van der Waals surface area contributed by atoms with Crippen molar-refractivity contribution in [1.82, 2.24) is 0 Å². The van der Waals surface area contributed by atoms with Crippen LogP contribution in [0.15, 0.2) is 60.7 Å². The standard InChI is InChI=1S/C18H20F2N2O2/c19-18(20,16(22)15(23)13-9-5-2-6-10-13)17(24)14(21)11-12-7-3-1-4-8-12/h1-10,14,16-17,24H,11,21-22H2. The van der Waals surface area contributed by atoms with Crippen LogP contribution in [0.3, 0.4) is 0 Å². The lowest BCUT2D eigenvalue weighted by Gasteiger charge is -2.31. The first-order valence-corrected chi connectivity index (χ1v) is 7.54. The van der Waals surface area contributed by atoms with E-state index < -0.39 is 29.9 Å². The van der Waals surface area contributed by atoms with Gasteiger partial charge in [0.1, 0.15) is 12.1 Å². The molecule has 0 amide bonds. The van der Waals surface area contributed by atoms with E-state index >= 15 is 0 Å². The van der Waals surface area contributed by atoms with Crippen molar-refractivity contribution in [2.45, 2.75) is 30.5 Å². The Morgan fingerprint density at radius 1 is 1.00 bits per heavy atom. The molecule has 0 aliphatic heterocycles. The largest absolute Gasteiger partial charge is 0.385 e. The highest BCUT2D eigenvalue weighted by molar-refractivity contribution is 6.00. The van der Waals surface area contributed by atoms with E-state index in [1.165, 1.54) is 12.1 Å². The van der Waals surface area contributed by atoms with Gasteiger partial charge in [-0.3, -0.25) is 4.79 Å². The number of carbonyl (C=O) groups excluding carboxylic acids is 1. The first-order chi connectivity index (χ1) is 11.3. The summed E-state index contributed by atoms with van der Waals surface area (Å²) in [5.41, 5.74) is 11.9. The molecular formula is C18H20F2N2O2. The SMILES string of the molecule is NC(Cc1ccccc1)C(O)C(F)(F)C(N)C(=O)c1ccccc1. The number of alkyl halides is 2. The van der Waals surface area contributed by atoms with Crippen LogP contribution >= 0.6 is 0 Å². The zero-order valence-electron chi connectivity index (χ0n) is 13.0. The number of aliphatic hydroxyl groups excluding tert-OH is 1. The van der Waals surface area contributed by atoms with Crippen molar-refractivity contribution in [3.63, 3.8) is 0 Å². The first kappa shape index (κ1) is 18.2. The van der Waals surface area contributed by atoms with Crippen LogP contribution in [0.5, 0.6) is 0 Å². The van der Waals surface area contributed by atoms with E-state index in [-0.39, 0.29) is 12.0 Å². The number of rotatable bonds is 7. The van der Waals surface area contributed by atoms with Gasteiger partial charge in [-0.2, -0.15) is 0 Å². The topological polar surface area (TPSA) is 89.3 Å². The van der Waals surface area contributed by atoms with Gasteiger partial charge in [0.2, 0.25) is 0 Å². The third-order valence-electron chi connectivity index (χ3n) is 3.87. The van der Waals surface area contributed by atoms with E-state index in [9.17, 15) is 18.7 Å². The van der Waals surface area contributed by atoms with E-state index in [4.69, 9.17) is 11.5 Å². The average Bonchev–Trinajstić information content (AvgIpc) is 2.61. The molecule has 0 saturated carbocycles. The predicted molar refractivity (Wildman–Crippen MR) is 87.8 cm³/mol. The zero-order chi connectivity index (χ0) is 17.7. The van der Waals surface area contributed by atoms with Crippen molar-refractivity contribution >= 4 is 5.78 Å². The molecule has 0 aliphatic carbocycles. The molecule has 0 fully saturated rings. The number of benzene rings is 2. The van der Waals surface area contributed by atoms with Gasteiger partial charge in [0.05, 0.1) is 0 Å². The van der Waals surface area contributed by atoms with Crippen LogP contribution in [0.25, 0.3) is 0 Å². The smallest absolute Gasteiger partial charge is 0.297 e. The number of hydrogen-bond acceptors (Lipinski definition) is 4. The maximum Gasteiger partial charge on any atom is 0.297 e. The lowest BCUT2D eigenvalue weighted by Crippen LogP contribution is -2.59. The Labute approximate surface area is 139 Å². The summed E-state index contributed by atoms with van der Waals surface area (Å²) in [4.78, 5) is 12.1. The van der Waals surface area contributed by atoms with Crippen molar-refractivity contribution in [2.24, 2.45) is 11.5 Å². The summed E-state index contributed by atoms with van der Waals surface area (Å²) < 4.78 is 28.8. The number of nitrogens with two attached hydrogens (primary N) is 2. The summed E-state index contributed by atoms with van der Waals surface area (Å²) in [6, 6.07) is 12.9. The van der Waals surface area contributed by atoms with E-state index in [0.29, 0.717) is 5.56 Å². The summed E-state index contributed by atoms with van der Waals surface area (Å²) in [6.45, 7) is 0. The molecule has 0 radical (unpaired) electrons. The monoisotopic (exact) mass is 334 g/mol. The molecule has 2 aromatic carbocycles. The molecular weight excluding hydrogens is 314 g/mol. The second kappa shape index (κ2) is 7.61. The Morgan fingerprint density at radius 2 is 1.50 bits per heavy atom. The Bertz CT molecular complexity index is 665. The van der Waals surface area contributed by atoms with Gasteiger partial charge in [-0.1, -0.05) is 60.7 Å². The molecule has 0 saturated heterocycles. The normalized spacial score (nSPS) is 15.5. The van der Waals surface area contributed by atoms with Gasteiger partial charge in [0, 0.05) is 11.6 Å². The number of Topliss-reactive ketones (excluding diaryl/α,β-unsaturated/α-hetero) is 1. The van der Waals surface area contributed by atoms with E-state index in [1.54, 1.807) is 48.5 Å².